The van der Waals surface area contributed by atoms with E-state index in [1.165, 1.54) is 13.2 Å². The van der Waals surface area contributed by atoms with Gasteiger partial charge in [0.05, 0.1) is 19.3 Å². The van der Waals surface area contributed by atoms with Crippen LogP contribution in [0.25, 0.3) is 0 Å². The van der Waals surface area contributed by atoms with Gasteiger partial charge in [0.25, 0.3) is 0 Å². The van der Waals surface area contributed by atoms with Gasteiger partial charge in [0.2, 0.25) is 5.91 Å². The van der Waals surface area contributed by atoms with Crippen molar-refractivity contribution in [2.45, 2.75) is 0 Å². The third-order valence-corrected chi connectivity index (χ3v) is 1.71. The van der Waals surface area contributed by atoms with Crippen LogP contribution in [0.2, 0.25) is 0 Å². The van der Waals surface area contributed by atoms with Crippen LogP contribution in [0.1, 0.15) is 0 Å². The van der Waals surface area contributed by atoms with Crippen molar-refractivity contribution in [1.82, 2.24) is 4.98 Å². The van der Waals surface area contributed by atoms with Gasteiger partial charge in [-0.15, -0.1) is 0 Å². The van der Waals surface area contributed by atoms with Crippen LogP contribution in [-0.4, -0.2) is 24.5 Å². The van der Waals surface area contributed by atoms with E-state index >= 15 is 0 Å². The number of nitrogens with zero attached hydrogens (tertiary/aromatic N) is 1. The van der Waals surface area contributed by atoms with Crippen LogP contribution >= 0.6 is 0 Å². The van der Waals surface area contributed by atoms with Crippen molar-refractivity contribution in [2.75, 3.05) is 30.4 Å². The zero-order valence-electron chi connectivity index (χ0n) is 8.28. The second-order valence-electron chi connectivity index (χ2n) is 2.77. The summed E-state index contributed by atoms with van der Waals surface area (Å²) in [5.74, 6) is 0.288. The van der Waals surface area contributed by atoms with Crippen LogP contribution in [0.15, 0.2) is 6.07 Å². The Morgan fingerprint density at radius 1 is 1.60 bits per heavy atom. The maximum atomic E-state index is 11.0. The molecule has 0 aliphatic carbocycles. The van der Waals surface area contributed by atoms with E-state index in [2.05, 4.69) is 10.3 Å². The van der Waals surface area contributed by atoms with E-state index < -0.39 is 0 Å². The Morgan fingerprint density at radius 3 is 2.80 bits per heavy atom. The molecule has 0 aromatic carbocycles. The van der Waals surface area contributed by atoms with Crippen LogP contribution in [0.5, 0.6) is 5.75 Å². The molecule has 0 saturated carbocycles. The fourth-order valence-corrected chi connectivity index (χ4v) is 0.952. The number of ether oxygens (including phenoxy) is 1. The van der Waals surface area contributed by atoms with E-state index in [9.17, 15) is 4.79 Å². The average molecular weight is 211 g/mol. The van der Waals surface area contributed by atoms with Gasteiger partial charge in [-0.2, -0.15) is 0 Å². The number of carbonyl (C=O) groups is 1. The molecule has 0 radical (unpaired) electrons. The summed E-state index contributed by atoms with van der Waals surface area (Å²) < 4.78 is 4.97. The largest absolute Gasteiger partial charge is 0.493 e. The fraction of sp³-hybridized carbons (Fsp3) is 0.250. The minimum atomic E-state index is -0.384. The molecule has 15 heavy (non-hydrogen) atoms. The van der Waals surface area contributed by atoms with E-state index in [4.69, 9.17) is 21.9 Å². The van der Waals surface area contributed by atoms with Gasteiger partial charge < -0.3 is 27.3 Å². The van der Waals surface area contributed by atoms with E-state index in [0.29, 0.717) is 5.75 Å². The van der Waals surface area contributed by atoms with E-state index in [1.54, 1.807) is 0 Å². The predicted octanol–water partition coefficient (Wildman–Crippen LogP) is -0.848. The molecule has 7 heteroatoms. The van der Waals surface area contributed by atoms with Crippen LogP contribution in [0.3, 0.4) is 0 Å². The quantitative estimate of drug-likeness (QED) is 0.515. The zero-order valence-corrected chi connectivity index (χ0v) is 8.28. The summed E-state index contributed by atoms with van der Waals surface area (Å²) >= 11 is 0. The Kier molecular flexibility index (Phi) is 3.29. The minimum Gasteiger partial charge on any atom is -0.493 e. The Balaban J connectivity index is 3.05. The Bertz CT molecular complexity index is 380. The summed E-state index contributed by atoms with van der Waals surface area (Å²) in [6.07, 6.45) is 0. The third kappa shape index (κ3) is 2.47. The van der Waals surface area contributed by atoms with Gasteiger partial charge in [-0.25, -0.2) is 4.98 Å². The molecule has 0 saturated heterocycles. The Morgan fingerprint density at radius 2 is 2.27 bits per heavy atom. The lowest BCUT2D eigenvalue weighted by Crippen LogP contribution is -2.23. The molecule has 0 fully saturated rings. The number of nitrogen functional groups attached to an aromatic ring is 2. The normalized spacial score (nSPS) is 9.73. The molecule has 0 bridgehead atoms. The van der Waals surface area contributed by atoms with Gasteiger partial charge in [0, 0.05) is 6.07 Å². The minimum absolute atomic E-state index is 0.128. The topological polar surface area (TPSA) is 129 Å². The molecule has 1 aromatic rings. The molecule has 0 atom stereocenters. The number of hydrogen-bond donors (Lipinski definition) is 4. The molecule has 1 aromatic heterocycles. The maximum Gasteiger partial charge on any atom is 0.239 e. The number of nitrogens with two attached hydrogens (primary N) is 3. The van der Waals surface area contributed by atoms with Crippen LogP contribution in [0, 0.1) is 0 Å². The Labute approximate surface area is 86.6 Å². The highest BCUT2D eigenvalue weighted by atomic mass is 16.5. The van der Waals surface area contributed by atoms with Crippen molar-refractivity contribution in [3.8, 4) is 5.75 Å². The van der Waals surface area contributed by atoms with Crippen molar-refractivity contribution < 1.29 is 9.53 Å². The SMILES string of the molecule is COc1cc(N)c(N)nc1NC(=O)CN. The van der Waals surface area contributed by atoms with Gasteiger partial charge in [0.15, 0.2) is 11.6 Å². The van der Waals surface area contributed by atoms with Crippen molar-refractivity contribution >= 4 is 23.2 Å². The summed E-state index contributed by atoms with van der Waals surface area (Å²) in [5.41, 5.74) is 16.4. The van der Waals surface area contributed by atoms with Crippen LogP contribution in [0.4, 0.5) is 17.3 Å². The summed E-state index contributed by atoms with van der Waals surface area (Å²) in [4.78, 5) is 14.9. The first-order valence-corrected chi connectivity index (χ1v) is 4.18. The summed E-state index contributed by atoms with van der Waals surface area (Å²) in [6.45, 7) is -0.144. The first-order chi connectivity index (χ1) is 7.08. The number of methoxy groups -OCH3 is 1. The number of rotatable bonds is 3. The summed E-state index contributed by atoms with van der Waals surface area (Å²) in [7, 11) is 1.44. The second-order valence-corrected chi connectivity index (χ2v) is 2.77. The average Bonchev–Trinajstić information content (AvgIpc) is 2.22. The lowest BCUT2D eigenvalue weighted by molar-refractivity contribution is -0.114. The molecule has 1 heterocycles. The molecule has 0 aliphatic rings. The van der Waals surface area contributed by atoms with E-state index in [1.807, 2.05) is 0 Å². The fourth-order valence-electron chi connectivity index (χ4n) is 0.952. The van der Waals surface area contributed by atoms with Gasteiger partial charge in [-0.05, 0) is 0 Å². The van der Waals surface area contributed by atoms with Crippen molar-refractivity contribution in [2.24, 2.45) is 5.73 Å². The standard InChI is InChI=1S/C8H13N5O2/c1-15-5-2-4(10)7(11)13-8(5)12-6(14)3-9/h2H,3,9-10H2,1H3,(H3,11,12,13,14). The number of hydrogen-bond acceptors (Lipinski definition) is 6. The van der Waals surface area contributed by atoms with E-state index in [-0.39, 0.29) is 29.8 Å². The molecular formula is C8H13N5O2. The third-order valence-electron chi connectivity index (χ3n) is 1.71. The second kappa shape index (κ2) is 4.47. The van der Waals surface area contributed by atoms with Crippen LogP contribution in [-0.2, 0) is 4.79 Å². The van der Waals surface area contributed by atoms with Crippen molar-refractivity contribution in [3.05, 3.63) is 6.07 Å². The molecule has 1 amide bonds. The lowest BCUT2D eigenvalue weighted by atomic mass is 10.3. The monoisotopic (exact) mass is 211 g/mol. The first kappa shape index (κ1) is 11.1. The molecule has 0 unspecified atom stereocenters. The first-order valence-electron chi connectivity index (χ1n) is 4.18. The van der Waals surface area contributed by atoms with Gasteiger partial charge in [-0.1, -0.05) is 0 Å². The van der Waals surface area contributed by atoms with Gasteiger partial charge in [-0.3, -0.25) is 4.79 Å². The molecule has 1 rings (SSSR count). The highest BCUT2D eigenvalue weighted by molar-refractivity contribution is 5.93. The number of pyridine rings is 1. The molecule has 7 nitrogen and oxygen atoms in total. The predicted molar refractivity (Wildman–Crippen MR) is 57.3 cm³/mol. The molecule has 82 valence electrons. The number of carbonyl (C=O) groups excluding carboxylic acids is 1. The summed E-state index contributed by atoms with van der Waals surface area (Å²) in [6, 6.07) is 1.48. The number of nitrogens with one attached hydrogen (secondary N) is 1. The van der Waals surface area contributed by atoms with E-state index in [0.717, 1.165) is 0 Å². The molecular weight excluding hydrogens is 198 g/mol. The molecule has 7 N–H and O–H groups in total. The van der Waals surface area contributed by atoms with Crippen LogP contribution < -0.4 is 27.3 Å². The number of aromatic nitrogens is 1. The number of amides is 1. The molecule has 0 spiro atoms. The molecule has 0 aliphatic heterocycles. The van der Waals surface area contributed by atoms with Crippen molar-refractivity contribution in [1.29, 1.82) is 0 Å². The highest BCUT2D eigenvalue weighted by Crippen LogP contribution is 2.27. The lowest BCUT2D eigenvalue weighted by Gasteiger charge is -2.10. The summed E-state index contributed by atoms with van der Waals surface area (Å²) in [5, 5.41) is 2.44. The van der Waals surface area contributed by atoms with Gasteiger partial charge >= 0.3 is 0 Å². The van der Waals surface area contributed by atoms with Crippen molar-refractivity contribution in [3.63, 3.8) is 0 Å². The maximum absolute atomic E-state index is 11.0. The highest BCUT2D eigenvalue weighted by Gasteiger charge is 2.10. The zero-order chi connectivity index (χ0) is 11.4. The smallest absolute Gasteiger partial charge is 0.239 e. The number of anilines is 3. The Hall–Kier alpha value is -2.02. The van der Waals surface area contributed by atoms with Gasteiger partial charge in [0.1, 0.15) is 5.82 Å².